The zero-order chi connectivity index (χ0) is 20.6. The number of benzene rings is 2. The molecule has 2 N–H and O–H groups in total. The van der Waals surface area contributed by atoms with Crippen molar-refractivity contribution in [2.45, 2.75) is 19.4 Å². The number of carbonyl (C=O) groups excluding carboxylic acids is 2. The average molecular weight is 462 g/mol. The molecule has 29 heavy (non-hydrogen) atoms. The normalized spacial score (nSPS) is 13.2. The molecule has 8 nitrogen and oxygen atoms in total. The van der Waals surface area contributed by atoms with Gasteiger partial charge in [-0.3, -0.25) is 4.79 Å². The van der Waals surface area contributed by atoms with Gasteiger partial charge < -0.3 is 19.5 Å². The molecule has 3 rings (SSSR count). The second-order valence-electron chi connectivity index (χ2n) is 6.05. The maximum Gasteiger partial charge on any atom is 0.407 e. The summed E-state index contributed by atoms with van der Waals surface area (Å²) in [6.45, 7) is 2.13. The number of fused-ring (bicyclic) bond motifs is 1. The standard InChI is InChI=1S/C20H20BrN3O5/c1-2-27-20(26)23-16(13-6-4-3-5-7-13)10-19(25)24-22-11-14-8-17-18(9-15(14)21)29-12-28-17/h3-9,11,16H,2,10,12H2,1H3,(H,23,26)(H,24,25)/b22-11-/t16-/m1/s1. The van der Waals surface area contributed by atoms with Crippen LogP contribution in [-0.2, 0) is 9.53 Å². The lowest BCUT2D eigenvalue weighted by molar-refractivity contribution is -0.121. The van der Waals surface area contributed by atoms with E-state index in [1.165, 1.54) is 6.21 Å². The van der Waals surface area contributed by atoms with E-state index in [0.717, 1.165) is 15.6 Å². The van der Waals surface area contributed by atoms with Crippen LogP contribution in [0.4, 0.5) is 4.79 Å². The van der Waals surface area contributed by atoms with E-state index >= 15 is 0 Å². The zero-order valence-electron chi connectivity index (χ0n) is 15.7. The minimum atomic E-state index is -0.582. The number of hydrogen-bond donors (Lipinski definition) is 2. The molecule has 0 aliphatic carbocycles. The van der Waals surface area contributed by atoms with E-state index < -0.39 is 12.1 Å². The number of rotatable bonds is 7. The van der Waals surface area contributed by atoms with E-state index in [1.807, 2.05) is 30.3 Å². The van der Waals surface area contributed by atoms with Gasteiger partial charge in [-0.25, -0.2) is 10.2 Å². The van der Waals surface area contributed by atoms with Gasteiger partial charge >= 0.3 is 6.09 Å². The molecule has 1 aliphatic heterocycles. The quantitative estimate of drug-likeness (QED) is 0.485. The number of carbonyl (C=O) groups is 2. The van der Waals surface area contributed by atoms with Crippen LogP contribution in [0.3, 0.4) is 0 Å². The molecule has 9 heteroatoms. The molecule has 2 aromatic rings. The van der Waals surface area contributed by atoms with Gasteiger partial charge in [0.1, 0.15) is 0 Å². The predicted molar refractivity (Wildman–Crippen MR) is 110 cm³/mol. The molecule has 152 valence electrons. The topological polar surface area (TPSA) is 98.2 Å². The highest BCUT2D eigenvalue weighted by Gasteiger charge is 2.19. The maximum atomic E-state index is 12.4. The molecule has 2 amide bonds. The first kappa shape index (κ1) is 20.7. The highest BCUT2D eigenvalue weighted by atomic mass is 79.9. The molecule has 0 bridgehead atoms. The van der Waals surface area contributed by atoms with E-state index in [2.05, 4.69) is 31.8 Å². The Balaban J connectivity index is 1.62. The van der Waals surface area contributed by atoms with Crippen LogP contribution in [-0.4, -0.2) is 31.6 Å². The SMILES string of the molecule is CCOC(=O)N[C@H](CC(=O)N/N=C\c1cc2c(cc1Br)OCO2)c1ccccc1. The summed E-state index contributed by atoms with van der Waals surface area (Å²) in [5.74, 6) is 0.904. The zero-order valence-corrected chi connectivity index (χ0v) is 17.3. The summed E-state index contributed by atoms with van der Waals surface area (Å²) in [6, 6.07) is 12.2. The molecule has 2 aromatic carbocycles. The fourth-order valence-corrected chi connectivity index (χ4v) is 3.11. The Labute approximate surface area is 176 Å². The molecule has 1 atom stereocenters. The Morgan fingerprint density at radius 1 is 1.24 bits per heavy atom. The van der Waals surface area contributed by atoms with Gasteiger partial charge in [-0.05, 0) is 40.5 Å². The molecular formula is C20H20BrN3O5. The lowest BCUT2D eigenvalue weighted by Gasteiger charge is -2.18. The predicted octanol–water partition coefficient (Wildman–Crippen LogP) is 3.51. The summed E-state index contributed by atoms with van der Waals surface area (Å²) in [6.07, 6.45) is 0.921. The summed E-state index contributed by atoms with van der Waals surface area (Å²) in [5.41, 5.74) is 3.99. The number of nitrogens with zero attached hydrogens (tertiary/aromatic N) is 1. The van der Waals surface area contributed by atoms with Crippen molar-refractivity contribution in [1.29, 1.82) is 0 Å². The molecule has 0 spiro atoms. The van der Waals surface area contributed by atoms with E-state index in [-0.39, 0.29) is 25.7 Å². The maximum absolute atomic E-state index is 12.4. The van der Waals surface area contributed by atoms with Crippen molar-refractivity contribution in [3.63, 3.8) is 0 Å². The molecule has 0 radical (unpaired) electrons. The average Bonchev–Trinajstić information content (AvgIpc) is 3.15. The van der Waals surface area contributed by atoms with E-state index in [9.17, 15) is 9.59 Å². The Morgan fingerprint density at radius 2 is 1.97 bits per heavy atom. The Kier molecular flexibility index (Phi) is 7.07. The van der Waals surface area contributed by atoms with Crippen molar-refractivity contribution in [2.24, 2.45) is 5.10 Å². The van der Waals surface area contributed by atoms with Crippen LogP contribution in [0, 0.1) is 0 Å². The minimum Gasteiger partial charge on any atom is -0.454 e. The Hall–Kier alpha value is -3.07. The summed E-state index contributed by atoms with van der Waals surface area (Å²) < 4.78 is 16.3. The Morgan fingerprint density at radius 3 is 2.69 bits per heavy atom. The number of hydrazone groups is 1. The summed E-state index contributed by atoms with van der Waals surface area (Å²) in [7, 11) is 0. The van der Waals surface area contributed by atoms with Crippen molar-refractivity contribution < 1.29 is 23.8 Å². The van der Waals surface area contributed by atoms with Gasteiger partial charge in [0, 0.05) is 10.0 Å². The van der Waals surface area contributed by atoms with Crippen molar-refractivity contribution in [3.05, 3.63) is 58.1 Å². The molecule has 0 fully saturated rings. The van der Waals surface area contributed by atoms with Crippen LogP contribution in [0.15, 0.2) is 52.0 Å². The molecule has 1 heterocycles. The molecule has 0 unspecified atom stereocenters. The van der Waals surface area contributed by atoms with Crippen molar-refractivity contribution in [2.75, 3.05) is 13.4 Å². The fraction of sp³-hybridized carbons (Fsp3) is 0.250. The third-order valence-corrected chi connectivity index (χ3v) is 4.73. The molecule has 0 saturated carbocycles. The van der Waals surface area contributed by atoms with E-state index in [4.69, 9.17) is 14.2 Å². The first-order chi connectivity index (χ1) is 14.1. The highest BCUT2D eigenvalue weighted by Crippen LogP contribution is 2.36. The fourth-order valence-electron chi connectivity index (χ4n) is 2.69. The lowest BCUT2D eigenvalue weighted by atomic mass is 10.0. The molecule has 0 saturated heterocycles. The molecular weight excluding hydrogens is 442 g/mol. The second-order valence-corrected chi connectivity index (χ2v) is 6.91. The van der Waals surface area contributed by atoms with Crippen molar-refractivity contribution in [3.8, 4) is 11.5 Å². The number of alkyl carbamates (subject to hydrolysis) is 1. The van der Waals surface area contributed by atoms with Crippen LogP contribution in [0.5, 0.6) is 11.5 Å². The van der Waals surface area contributed by atoms with Crippen LogP contribution in [0.2, 0.25) is 0 Å². The monoisotopic (exact) mass is 461 g/mol. The van der Waals surface area contributed by atoms with Gasteiger partial charge in [0.2, 0.25) is 12.7 Å². The number of nitrogens with one attached hydrogen (secondary N) is 2. The Bertz CT molecular complexity index is 904. The first-order valence-electron chi connectivity index (χ1n) is 8.96. The van der Waals surface area contributed by atoms with Gasteiger partial charge in [-0.15, -0.1) is 0 Å². The molecule has 1 aliphatic rings. The largest absolute Gasteiger partial charge is 0.454 e. The number of amides is 2. The lowest BCUT2D eigenvalue weighted by Crippen LogP contribution is -2.33. The van der Waals surface area contributed by atoms with Crippen LogP contribution < -0.4 is 20.2 Å². The third-order valence-electron chi connectivity index (χ3n) is 4.04. The number of halogens is 1. The van der Waals surface area contributed by atoms with Crippen LogP contribution in [0.1, 0.15) is 30.5 Å². The van der Waals surface area contributed by atoms with Crippen molar-refractivity contribution >= 4 is 34.1 Å². The highest BCUT2D eigenvalue weighted by molar-refractivity contribution is 9.10. The van der Waals surface area contributed by atoms with Crippen molar-refractivity contribution in [1.82, 2.24) is 10.7 Å². The number of hydrogen-bond acceptors (Lipinski definition) is 6. The molecule has 0 aromatic heterocycles. The van der Waals surface area contributed by atoms with Gasteiger partial charge in [0.15, 0.2) is 11.5 Å². The van der Waals surface area contributed by atoms with Gasteiger partial charge in [-0.2, -0.15) is 5.10 Å². The summed E-state index contributed by atoms with van der Waals surface area (Å²) >= 11 is 3.43. The smallest absolute Gasteiger partial charge is 0.407 e. The first-order valence-corrected chi connectivity index (χ1v) is 9.75. The third kappa shape index (κ3) is 5.71. The van der Waals surface area contributed by atoms with Gasteiger partial charge in [-0.1, -0.05) is 30.3 Å². The van der Waals surface area contributed by atoms with Crippen LogP contribution in [0.25, 0.3) is 0 Å². The summed E-state index contributed by atoms with van der Waals surface area (Å²) in [4.78, 5) is 24.2. The number of ether oxygens (including phenoxy) is 3. The van der Waals surface area contributed by atoms with E-state index in [0.29, 0.717) is 11.5 Å². The van der Waals surface area contributed by atoms with Gasteiger partial charge in [0.05, 0.1) is 25.3 Å². The summed E-state index contributed by atoms with van der Waals surface area (Å²) in [5, 5.41) is 6.69. The minimum absolute atomic E-state index is 0.00246. The van der Waals surface area contributed by atoms with Crippen LogP contribution >= 0.6 is 15.9 Å². The van der Waals surface area contributed by atoms with E-state index in [1.54, 1.807) is 19.1 Å². The van der Waals surface area contributed by atoms with Gasteiger partial charge in [0.25, 0.3) is 0 Å². The second kappa shape index (κ2) is 9.92.